The molecule has 0 bridgehead atoms. The SMILES string of the molecule is Cc1c(Br)cccc1C(=O)N(C)CCCc1ccccc1. The van der Waals surface area contributed by atoms with E-state index in [0.29, 0.717) is 0 Å². The summed E-state index contributed by atoms with van der Waals surface area (Å²) < 4.78 is 0.978. The first-order chi connectivity index (χ1) is 10.1. The number of benzene rings is 2. The first-order valence-electron chi connectivity index (χ1n) is 7.14. The minimum atomic E-state index is 0.0851. The van der Waals surface area contributed by atoms with E-state index in [1.54, 1.807) is 4.90 Å². The third-order valence-electron chi connectivity index (χ3n) is 3.65. The quantitative estimate of drug-likeness (QED) is 0.783. The van der Waals surface area contributed by atoms with Crippen molar-refractivity contribution in [1.29, 1.82) is 0 Å². The monoisotopic (exact) mass is 345 g/mol. The van der Waals surface area contributed by atoms with Gasteiger partial charge in [0.05, 0.1) is 0 Å². The molecule has 0 aliphatic carbocycles. The minimum Gasteiger partial charge on any atom is -0.342 e. The molecule has 0 spiro atoms. The fraction of sp³-hybridized carbons (Fsp3) is 0.278. The van der Waals surface area contributed by atoms with Gasteiger partial charge in [0.1, 0.15) is 0 Å². The second-order valence-corrected chi connectivity index (χ2v) is 6.08. The Kier molecular flexibility index (Phi) is 5.57. The number of aryl methyl sites for hydroxylation is 1. The van der Waals surface area contributed by atoms with Crippen molar-refractivity contribution in [3.8, 4) is 0 Å². The Hall–Kier alpha value is -1.61. The number of amides is 1. The first-order valence-corrected chi connectivity index (χ1v) is 7.93. The average molecular weight is 346 g/mol. The highest BCUT2D eigenvalue weighted by Crippen LogP contribution is 2.20. The molecule has 0 heterocycles. The lowest BCUT2D eigenvalue weighted by Gasteiger charge is -2.18. The van der Waals surface area contributed by atoms with Gasteiger partial charge in [0.25, 0.3) is 5.91 Å². The minimum absolute atomic E-state index is 0.0851. The molecule has 0 radical (unpaired) electrons. The maximum atomic E-state index is 12.5. The van der Waals surface area contributed by atoms with Crippen molar-refractivity contribution in [2.45, 2.75) is 19.8 Å². The fourth-order valence-corrected chi connectivity index (χ4v) is 2.68. The van der Waals surface area contributed by atoms with Crippen molar-refractivity contribution in [2.75, 3.05) is 13.6 Å². The van der Waals surface area contributed by atoms with Crippen molar-refractivity contribution in [2.24, 2.45) is 0 Å². The molecule has 0 atom stereocenters. The summed E-state index contributed by atoms with van der Waals surface area (Å²) in [5, 5.41) is 0. The second-order valence-electron chi connectivity index (χ2n) is 5.23. The van der Waals surface area contributed by atoms with Crippen LogP contribution < -0.4 is 0 Å². The molecule has 1 amide bonds. The predicted octanol–water partition coefficient (Wildman–Crippen LogP) is 4.46. The smallest absolute Gasteiger partial charge is 0.253 e. The molecule has 0 aromatic heterocycles. The molecule has 0 aliphatic rings. The number of nitrogens with zero attached hydrogens (tertiary/aromatic N) is 1. The Morgan fingerprint density at radius 2 is 1.81 bits per heavy atom. The van der Waals surface area contributed by atoms with Gasteiger partial charge in [-0.2, -0.15) is 0 Å². The van der Waals surface area contributed by atoms with E-state index in [4.69, 9.17) is 0 Å². The molecule has 2 aromatic carbocycles. The van der Waals surface area contributed by atoms with Crippen LogP contribution in [0.15, 0.2) is 53.0 Å². The number of rotatable bonds is 5. The number of carbonyl (C=O) groups excluding carboxylic acids is 1. The first kappa shape index (κ1) is 15.8. The average Bonchev–Trinajstić information content (AvgIpc) is 2.50. The van der Waals surface area contributed by atoms with Crippen molar-refractivity contribution in [1.82, 2.24) is 4.90 Å². The lowest BCUT2D eigenvalue weighted by molar-refractivity contribution is 0.0793. The summed E-state index contributed by atoms with van der Waals surface area (Å²) in [6, 6.07) is 16.1. The number of hydrogen-bond donors (Lipinski definition) is 0. The highest BCUT2D eigenvalue weighted by Gasteiger charge is 2.14. The van der Waals surface area contributed by atoms with E-state index in [9.17, 15) is 4.79 Å². The van der Waals surface area contributed by atoms with Crippen molar-refractivity contribution < 1.29 is 4.79 Å². The van der Waals surface area contributed by atoms with E-state index in [-0.39, 0.29) is 5.91 Å². The molecular weight excluding hydrogens is 326 g/mol. The highest BCUT2D eigenvalue weighted by atomic mass is 79.9. The van der Waals surface area contributed by atoms with Crippen LogP contribution in [0.5, 0.6) is 0 Å². The van der Waals surface area contributed by atoms with Gasteiger partial charge in [-0.05, 0) is 43.0 Å². The maximum Gasteiger partial charge on any atom is 0.253 e. The molecule has 0 aliphatic heterocycles. The highest BCUT2D eigenvalue weighted by molar-refractivity contribution is 9.10. The van der Waals surface area contributed by atoms with Crippen LogP contribution in [-0.2, 0) is 6.42 Å². The van der Waals surface area contributed by atoms with E-state index in [0.717, 1.165) is 35.0 Å². The third kappa shape index (κ3) is 4.18. The third-order valence-corrected chi connectivity index (χ3v) is 4.51. The topological polar surface area (TPSA) is 20.3 Å². The number of carbonyl (C=O) groups is 1. The van der Waals surface area contributed by atoms with Gasteiger partial charge in [0.2, 0.25) is 0 Å². The summed E-state index contributed by atoms with van der Waals surface area (Å²) in [4.78, 5) is 14.3. The van der Waals surface area contributed by atoms with Crippen LogP contribution in [0, 0.1) is 6.92 Å². The normalized spacial score (nSPS) is 10.4. The van der Waals surface area contributed by atoms with Crippen molar-refractivity contribution >= 4 is 21.8 Å². The van der Waals surface area contributed by atoms with Gasteiger partial charge in [-0.25, -0.2) is 0 Å². The molecule has 0 fully saturated rings. The van der Waals surface area contributed by atoms with Crippen molar-refractivity contribution in [3.05, 3.63) is 69.7 Å². The van der Waals surface area contributed by atoms with Gasteiger partial charge >= 0.3 is 0 Å². The van der Waals surface area contributed by atoms with Crippen LogP contribution >= 0.6 is 15.9 Å². The summed E-state index contributed by atoms with van der Waals surface area (Å²) in [6.07, 6.45) is 1.97. The van der Waals surface area contributed by atoms with E-state index in [1.165, 1.54) is 5.56 Å². The summed E-state index contributed by atoms with van der Waals surface area (Å²) in [5.74, 6) is 0.0851. The summed E-state index contributed by atoms with van der Waals surface area (Å²) in [5.41, 5.74) is 3.08. The molecule has 0 saturated carbocycles. The van der Waals surface area contributed by atoms with Gasteiger partial charge in [-0.15, -0.1) is 0 Å². The molecule has 3 heteroatoms. The molecule has 110 valence electrons. The standard InChI is InChI=1S/C18H20BrNO/c1-14-16(11-6-12-17(14)19)18(21)20(2)13-7-10-15-8-4-3-5-9-15/h3-6,8-9,11-12H,7,10,13H2,1-2H3. The van der Waals surface area contributed by atoms with Crippen LogP contribution in [0.4, 0.5) is 0 Å². The van der Waals surface area contributed by atoms with Gasteiger partial charge in [-0.1, -0.05) is 52.3 Å². The Morgan fingerprint density at radius 3 is 2.52 bits per heavy atom. The molecule has 0 N–H and O–H groups in total. The molecule has 0 unspecified atom stereocenters. The Bertz CT molecular complexity index is 610. The van der Waals surface area contributed by atoms with E-state index >= 15 is 0 Å². The Labute approximate surface area is 134 Å². The number of halogens is 1. The van der Waals surface area contributed by atoms with Crippen LogP contribution in [0.25, 0.3) is 0 Å². The van der Waals surface area contributed by atoms with Gasteiger partial charge in [0, 0.05) is 23.6 Å². The second kappa shape index (κ2) is 7.41. The molecule has 0 saturated heterocycles. The fourth-order valence-electron chi connectivity index (χ4n) is 2.31. The van der Waals surface area contributed by atoms with Gasteiger partial charge in [-0.3, -0.25) is 4.79 Å². The zero-order valence-corrected chi connectivity index (χ0v) is 14.1. The summed E-state index contributed by atoms with van der Waals surface area (Å²) in [6.45, 7) is 2.73. The zero-order chi connectivity index (χ0) is 15.2. The number of hydrogen-bond acceptors (Lipinski definition) is 1. The van der Waals surface area contributed by atoms with Crippen LogP contribution in [-0.4, -0.2) is 24.4 Å². The van der Waals surface area contributed by atoms with E-state index in [1.807, 2.05) is 38.2 Å². The lowest BCUT2D eigenvalue weighted by atomic mass is 10.1. The largest absolute Gasteiger partial charge is 0.342 e. The van der Waals surface area contributed by atoms with Crippen LogP contribution in [0.2, 0.25) is 0 Å². The van der Waals surface area contributed by atoms with E-state index in [2.05, 4.69) is 40.2 Å². The molecule has 21 heavy (non-hydrogen) atoms. The molecule has 2 aromatic rings. The molecule has 2 rings (SSSR count). The molecule has 2 nitrogen and oxygen atoms in total. The zero-order valence-electron chi connectivity index (χ0n) is 12.5. The van der Waals surface area contributed by atoms with Crippen LogP contribution in [0.3, 0.4) is 0 Å². The summed E-state index contributed by atoms with van der Waals surface area (Å²) >= 11 is 3.48. The lowest BCUT2D eigenvalue weighted by Crippen LogP contribution is -2.28. The Morgan fingerprint density at radius 1 is 1.10 bits per heavy atom. The van der Waals surface area contributed by atoms with Crippen molar-refractivity contribution in [3.63, 3.8) is 0 Å². The Balaban J connectivity index is 1.92. The van der Waals surface area contributed by atoms with Crippen LogP contribution in [0.1, 0.15) is 27.9 Å². The predicted molar refractivity (Wildman–Crippen MR) is 90.6 cm³/mol. The van der Waals surface area contributed by atoms with E-state index < -0.39 is 0 Å². The summed E-state index contributed by atoms with van der Waals surface area (Å²) in [7, 11) is 1.87. The van der Waals surface area contributed by atoms with Gasteiger partial charge < -0.3 is 4.90 Å². The maximum absolute atomic E-state index is 12.5. The molecular formula is C18H20BrNO. The van der Waals surface area contributed by atoms with Gasteiger partial charge in [0.15, 0.2) is 0 Å².